The van der Waals surface area contributed by atoms with Crippen LogP contribution in [0.2, 0.25) is 0 Å². The van der Waals surface area contributed by atoms with Crippen LogP contribution in [-0.2, 0) is 7.05 Å². The lowest BCUT2D eigenvalue weighted by molar-refractivity contribution is -0.386. The monoisotopic (exact) mass is 164 g/mol. The van der Waals surface area contributed by atoms with Crippen LogP contribution in [0.15, 0.2) is 17.1 Å². The lowest BCUT2D eigenvalue weighted by atomic mass is 9.98. The van der Waals surface area contributed by atoms with Gasteiger partial charge in [0.1, 0.15) is 7.85 Å². The number of pyridine rings is 1. The van der Waals surface area contributed by atoms with Crippen LogP contribution in [0.4, 0.5) is 5.69 Å². The largest absolute Gasteiger partial charge is 0.333 e. The zero-order valence-electron chi connectivity index (χ0n) is 6.35. The third kappa shape index (κ3) is 1.36. The van der Waals surface area contributed by atoms with Gasteiger partial charge in [-0.1, -0.05) is 5.46 Å². The number of aromatic nitrogens is 1. The first-order chi connectivity index (χ1) is 5.52. The summed E-state index contributed by atoms with van der Waals surface area (Å²) in [7, 11) is 6.71. The summed E-state index contributed by atoms with van der Waals surface area (Å²) in [6.07, 6.45) is 1.33. The molecule has 1 aromatic rings. The van der Waals surface area contributed by atoms with Crippen LogP contribution in [0.5, 0.6) is 0 Å². The SMILES string of the molecule is [B]c1cc([N+](=O)[O-])c(=O)n(C)c1. The van der Waals surface area contributed by atoms with E-state index in [0.717, 1.165) is 10.6 Å². The zero-order valence-corrected chi connectivity index (χ0v) is 6.35. The molecule has 0 aliphatic rings. The highest BCUT2D eigenvalue weighted by atomic mass is 16.6. The van der Waals surface area contributed by atoms with Crippen molar-refractivity contribution in [3.63, 3.8) is 0 Å². The first-order valence-corrected chi connectivity index (χ1v) is 3.13. The molecule has 0 fully saturated rings. The van der Waals surface area contributed by atoms with Crippen molar-refractivity contribution in [1.82, 2.24) is 4.57 Å². The second kappa shape index (κ2) is 2.81. The number of aryl methyl sites for hydroxylation is 1. The Morgan fingerprint density at radius 3 is 2.75 bits per heavy atom. The highest BCUT2D eigenvalue weighted by molar-refractivity contribution is 6.32. The Bertz CT molecular complexity index is 385. The Labute approximate surface area is 69.2 Å². The molecule has 0 unspecified atom stereocenters. The average molecular weight is 164 g/mol. The predicted octanol–water partition coefficient (Wildman–Crippen LogP) is -0.913. The standard InChI is InChI=1S/C6H5BN2O3/c1-8-3-4(7)2-5(6(8)10)9(11)12/h2-3H,1H3. The fourth-order valence-electron chi connectivity index (χ4n) is 0.851. The number of rotatable bonds is 1. The van der Waals surface area contributed by atoms with Gasteiger partial charge in [0.05, 0.1) is 4.92 Å². The van der Waals surface area contributed by atoms with Gasteiger partial charge in [0.15, 0.2) is 0 Å². The van der Waals surface area contributed by atoms with Gasteiger partial charge in [0.2, 0.25) is 0 Å². The van der Waals surface area contributed by atoms with E-state index in [0.29, 0.717) is 0 Å². The summed E-state index contributed by atoms with van der Waals surface area (Å²) in [4.78, 5) is 20.5. The smallest absolute Gasteiger partial charge is 0.313 e. The molecular formula is C6H5BN2O3. The van der Waals surface area contributed by atoms with Crippen LogP contribution in [-0.4, -0.2) is 17.3 Å². The summed E-state index contributed by atoms with van der Waals surface area (Å²) < 4.78 is 1.08. The number of hydrogen-bond donors (Lipinski definition) is 0. The second-order valence-electron chi connectivity index (χ2n) is 2.33. The van der Waals surface area contributed by atoms with E-state index in [-0.39, 0.29) is 5.46 Å². The Kier molecular flexibility index (Phi) is 1.99. The van der Waals surface area contributed by atoms with Crippen LogP contribution in [0.25, 0.3) is 0 Å². The first kappa shape index (κ1) is 8.51. The lowest BCUT2D eigenvalue weighted by Gasteiger charge is -1.98. The lowest BCUT2D eigenvalue weighted by Crippen LogP contribution is -2.24. The molecule has 5 nitrogen and oxygen atoms in total. The van der Waals surface area contributed by atoms with Crippen molar-refractivity contribution in [2.24, 2.45) is 7.05 Å². The molecule has 0 atom stereocenters. The summed E-state index contributed by atoms with van der Waals surface area (Å²) in [5.41, 5.74) is -0.963. The second-order valence-corrected chi connectivity index (χ2v) is 2.33. The number of nitro groups is 1. The Morgan fingerprint density at radius 2 is 2.25 bits per heavy atom. The molecule has 1 heterocycles. The van der Waals surface area contributed by atoms with E-state index in [1.54, 1.807) is 0 Å². The summed E-state index contributed by atoms with van der Waals surface area (Å²) in [6.45, 7) is 0. The predicted molar refractivity (Wildman–Crippen MR) is 43.7 cm³/mol. The van der Waals surface area contributed by atoms with E-state index < -0.39 is 16.2 Å². The van der Waals surface area contributed by atoms with Crippen molar-refractivity contribution < 1.29 is 4.92 Å². The molecule has 12 heavy (non-hydrogen) atoms. The molecule has 0 saturated heterocycles. The molecule has 0 amide bonds. The van der Waals surface area contributed by atoms with Crippen LogP contribution >= 0.6 is 0 Å². The Balaban J connectivity index is 3.49. The third-order valence-electron chi connectivity index (χ3n) is 1.38. The normalized spacial score (nSPS) is 9.75. The van der Waals surface area contributed by atoms with Crippen LogP contribution in [0.1, 0.15) is 0 Å². The molecule has 2 radical (unpaired) electrons. The van der Waals surface area contributed by atoms with Gasteiger partial charge < -0.3 is 4.57 Å². The fourth-order valence-corrected chi connectivity index (χ4v) is 0.851. The van der Waals surface area contributed by atoms with Gasteiger partial charge in [-0.3, -0.25) is 14.9 Å². The van der Waals surface area contributed by atoms with Crippen molar-refractivity contribution in [3.05, 3.63) is 32.7 Å². The van der Waals surface area contributed by atoms with Gasteiger partial charge in [-0.25, -0.2) is 0 Å². The molecule has 0 aromatic carbocycles. The van der Waals surface area contributed by atoms with E-state index in [1.807, 2.05) is 0 Å². The molecular weight excluding hydrogens is 159 g/mol. The molecule has 60 valence electrons. The maximum Gasteiger partial charge on any atom is 0.333 e. The van der Waals surface area contributed by atoms with E-state index in [9.17, 15) is 14.9 Å². The summed E-state index contributed by atoms with van der Waals surface area (Å²) in [5, 5.41) is 10.3. The average Bonchev–Trinajstić information content (AvgIpc) is 1.96. The van der Waals surface area contributed by atoms with Crippen molar-refractivity contribution >= 4 is 19.0 Å². The van der Waals surface area contributed by atoms with E-state index in [2.05, 4.69) is 0 Å². The minimum absolute atomic E-state index is 0.198. The molecule has 1 rings (SSSR count). The van der Waals surface area contributed by atoms with Gasteiger partial charge in [-0.05, 0) is 0 Å². The van der Waals surface area contributed by atoms with E-state index in [1.165, 1.54) is 13.2 Å². The summed E-state index contributed by atoms with van der Waals surface area (Å²) in [6, 6.07) is 1.04. The van der Waals surface area contributed by atoms with Crippen LogP contribution in [0, 0.1) is 10.1 Å². The summed E-state index contributed by atoms with van der Waals surface area (Å²) in [5.74, 6) is 0. The van der Waals surface area contributed by atoms with Crippen molar-refractivity contribution in [1.29, 1.82) is 0 Å². The van der Waals surface area contributed by atoms with Gasteiger partial charge in [-0.2, -0.15) is 0 Å². The molecule has 0 aliphatic carbocycles. The minimum atomic E-state index is -0.751. The minimum Gasteiger partial charge on any atom is -0.313 e. The fraction of sp³-hybridized carbons (Fsp3) is 0.167. The molecule has 0 aliphatic heterocycles. The molecule has 1 aromatic heterocycles. The van der Waals surface area contributed by atoms with E-state index >= 15 is 0 Å². The van der Waals surface area contributed by atoms with E-state index in [4.69, 9.17) is 7.85 Å². The maximum absolute atomic E-state index is 11.0. The first-order valence-electron chi connectivity index (χ1n) is 3.13. The molecule has 0 saturated carbocycles. The van der Waals surface area contributed by atoms with Gasteiger partial charge in [0, 0.05) is 19.3 Å². The number of hydrogen-bond acceptors (Lipinski definition) is 3. The summed E-state index contributed by atoms with van der Waals surface area (Å²) >= 11 is 0. The van der Waals surface area contributed by atoms with Gasteiger partial charge >= 0.3 is 11.2 Å². The molecule has 6 heteroatoms. The molecule has 0 bridgehead atoms. The highest BCUT2D eigenvalue weighted by Crippen LogP contribution is 1.98. The molecule has 0 N–H and O–H groups in total. The number of nitrogens with zero attached hydrogens (tertiary/aromatic N) is 2. The Hall–Kier alpha value is -1.59. The van der Waals surface area contributed by atoms with Crippen molar-refractivity contribution in [2.75, 3.05) is 0 Å². The van der Waals surface area contributed by atoms with Crippen LogP contribution in [0.3, 0.4) is 0 Å². The Morgan fingerprint density at radius 1 is 1.67 bits per heavy atom. The van der Waals surface area contributed by atoms with Gasteiger partial charge in [0.25, 0.3) is 0 Å². The van der Waals surface area contributed by atoms with Gasteiger partial charge in [-0.15, -0.1) is 0 Å². The third-order valence-corrected chi connectivity index (χ3v) is 1.38. The quantitative estimate of drug-likeness (QED) is 0.306. The maximum atomic E-state index is 11.0. The van der Waals surface area contributed by atoms with Crippen molar-refractivity contribution in [2.45, 2.75) is 0 Å². The highest BCUT2D eigenvalue weighted by Gasteiger charge is 2.12. The van der Waals surface area contributed by atoms with Crippen molar-refractivity contribution in [3.8, 4) is 0 Å². The van der Waals surface area contributed by atoms with Crippen LogP contribution < -0.4 is 11.0 Å². The topological polar surface area (TPSA) is 65.1 Å². The zero-order chi connectivity index (χ0) is 9.30. The molecule has 0 spiro atoms.